The number of fused-ring (bicyclic) bond motifs is 1. The Balaban J connectivity index is 1.82. The molecule has 5 atom stereocenters. The number of aryl methyl sites for hydroxylation is 2. The zero-order valence-electron chi connectivity index (χ0n) is 20.4. The quantitative estimate of drug-likeness (QED) is 0.462. The molecular formula is C26H34N2O6. The van der Waals surface area contributed by atoms with E-state index in [1.54, 1.807) is 17.9 Å². The maximum absolute atomic E-state index is 14.3. The number of nitrogens with zero attached hydrogens (tertiary/aromatic N) is 2. The van der Waals surface area contributed by atoms with Crippen LogP contribution in [0.1, 0.15) is 37.8 Å². The van der Waals surface area contributed by atoms with Crippen molar-refractivity contribution in [3.63, 3.8) is 0 Å². The number of carbonyl (C=O) groups excluding carboxylic acids is 3. The van der Waals surface area contributed by atoms with Crippen LogP contribution in [-0.2, 0) is 23.9 Å². The number of carbonyl (C=O) groups is 3. The average molecular weight is 471 g/mol. The molecular weight excluding hydrogens is 436 g/mol. The number of anilines is 1. The molecule has 0 aromatic heterocycles. The van der Waals surface area contributed by atoms with Crippen molar-refractivity contribution < 1.29 is 29.0 Å². The van der Waals surface area contributed by atoms with Gasteiger partial charge in [0.05, 0.1) is 24.7 Å². The predicted octanol–water partition coefficient (Wildman–Crippen LogP) is 2.14. The van der Waals surface area contributed by atoms with Crippen LogP contribution in [0, 0.1) is 25.7 Å². The lowest BCUT2D eigenvalue weighted by Crippen LogP contribution is -2.57. The third kappa shape index (κ3) is 3.46. The van der Waals surface area contributed by atoms with Crippen LogP contribution in [0.4, 0.5) is 5.69 Å². The third-order valence-corrected chi connectivity index (χ3v) is 7.63. The van der Waals surface area contributed by atoms with Gasteiger partial charge in [0.2, 0.25) is 5.91 Å². The lowest BCUT2D eigenvalue weighted by molar-refractivity contribution is -0.159. The number of esters is 1. The van der Waals surface area contributed by atoms with Gasteiger partial charge in [0.15, 0.2) is 0 Å². The lowest BCUT2D eigenvalue weighted by atomic mass is 9.66. The molecule has 1 aromatic rings. The van der Waals surface area contributed by atoms with Gasteiger partial charge in [0.1, 0.15) is 17.6 Å². The standard InChI is InChI=1S/C26H34N2O6/c1-6-12-27(18-15-16(3)8-9-17(18)4)23(31)21-26-11-10-25(5,34-26)20(24(32)33-7-2)19(26)22(30)28(21)13-14-29/h6,8-9,15,19-21,29H,1,7,10-14H2,2-5H3/t19-,20-,21?,25+,26?/m0/s1. The van der Waals surface area contributed by atoms with Crippen LogP contribution in [0.25, 0.3) is 0 Å². The van der Waals surface area contributed by atoms with E-state index in [1.807, 2.05) is 39.0 Å². The molecule has 3 saturated heterocycles. The Morgan fingerprint density at radius 2 is 2.09 bits per heavy atom. The van der Waals surface area contributed by atoms with E-state index in [1.165, 1.54) is 4.90 Å². The minimum Gasteiger partial charge on any atom is -0.466 e. The molecule has 1 spiro atoms. The molecule has 2 bridgehead atoms. The Morgan fingerprint density at radius 1 is 1.35 bits per heavy atom. The van der Waals surface area contributed by atoms with Gasteiger partial charge < -0.3 is 24.4 Å². The lowest BCUT2D eigenvalue weighted by Gasteiger charge is -2.37. The maximum Gasteiger partial charge on any atom is 0.312 e. The average Bonchev–Trinajstić information content (AvgIpc) is 3.35. The number of aliphatic hydroxyl groups is 1. The molecule has 2 amide bonds. The van der Waals surface area contributed by atoms with Gasteiger partial charge in [-0.05, 0) is 57.7 Å². The summed E-state index contributed by atoms with van der Waals surface area (Å²) in [6.45, 7) is 11.4. The van der Waals surface area contributed by atoms with Crippen molar-refractivity contribution in [1.29, 1.82) is 0 Å². The molecule has 184 valence electrons. The van der Waals surface area contributed by atoms with Gasteiger partial charge in [0.25, 0.3) is 5.91 Å². The van der Waals surface area contributed by atoms with Crippen molar-refractivity contribution in [2.75, 3.05) is 31.2 Å². The normalized spacial score (nSPS) is 31.5. The maximum atomic E-state index is 14.3. The Labute approximate surface area is 200 Å². The van der Waals surface area contributed by atoms with E-state index in [0.29, 0.717) is 12.8 Å². The smallest absolute Gasteiger partial charge is 0.312 e. The molecule has 3 fully saturated rings. The van der Waals surface area contributed by atoms with E-state index in [4.69, 9.17) is 9.47 Å². The monoisotopic (exact) mass is 470 g/mol. The number of hydrogen-bond acceptors (Lipinski definition) is 6. The fourth-order valence-corrected chi connectivity index (χ4v) is 6.24. The zero-order valence-corrected chi connectivity index (χ0v) is 20.4. The Kier molecular flexibility index (Phi) is 6.33. The van der Waals surface area contributed by atoms with Crippen LogP contribution in [0.5, 0.6) is 0 Å². The van der Waals surface area contributed by atoms with Crippen molar-refractivity contribution in [3.05, 3.63) is 42.0 Å². The summed E-state index contributed by atoms with van der Waals surface area (Å²) in [5.41, 5.74) is 0.634. The summed E-state index contributed by atoms with van der Waals surface area (Å²) in [6.07, 6.45) is 2.67. The van der Waals surface area contributed by atoms with Crippen molar-refractivity contribution >= 4 is 23.5 Å². The fraction of sp³-hybridized carbons (Fsp3) is 0.577. The van der Waals surface area contributed by atoms with Gasteiger partial charge in [-0.15, -0.1) is 6.58 Å². The van der Waals surface area contributed by atoms with Gasteiger partial charge >= 0.3 is 5.97 Å². The molecule has 0 radical (unpaired) electrons. The number of β-amino-alcohol motifs (C(OH)–C–C–N with tert-alkyl or cyclic N) is 1. The second-order valence-corrected chi connectivity index (χ2v) is 9.76. The first kappa shape index (κ1) is 24.4. The number of ether oxygens (including phenoxy) is 2. The molecule has 3 aliphatic heterocycles. The number of amides is 2. The molecule has 3 aliphatic rings. The molecule has 0 saturated carbocycles. The highest BCUT2D eigenvalue weighted by molar-refractivity contribution is 6.05. The van der Waals surface area contributed by atoms with Crippen LogP contribution in [0.3, 0.4) is 0 Å². The Hall–Kier alpha value is -2.71. The van der Waals surface area contributed by atoms with Gasteiger partial charge in [-0.1, -0.05) is 18.2 Å². The van der Waals surface area contributed by atoms with E-state index in [2.05, 4.69) is 6.58 Å². The molecule has 1 aromatic carbocycles. The Bertz CT molecular complexity index is 1020. The predicted molar refractivity (Wildman–Crippen MR) is 126 cm³/mol. The first-order valence-electron chi connectivity index (χ1n) is 11.9. The summed E-state index contributed by atoms with van der Waals surface area (Å²) in [6, 6.07) is 4.91. The highest BCUT2D eigenvalue weighted by Gasteiger charge is 2.78. The van der Waals surface area contributed by atoms with Gasteiger partial charge in [-0.25, -0.2) is 0 Å². The van der Waals surface area contributed by atoms with E-state index < -0.39 is 35.0 Å². The molecule has 8 nitrogen and oxygen atoms in total. The number of benzene rings is 1. The summed E-state index contributed by atoms with van der Waals surface area (Å²) in [4.78, 5) is 44.0. The van der Waals surface area contributed by atoms with Crippen LogP contribution >= 0.6 is 0 Å². The minimum absolute atomic E-state index is 0.0160. The molecule has 2 unspecified atom stereocenters. The van der Waals surface area contributed by atoms with Crippen LogP contribution in [0.2, 0.25) is 0 Å². The largest absolute Gasteiger partial charge is 0.466 e. The van der Waals surface area contributed by atoms with E-state index in [-0.39, 0.29) is 38.1 Å². The van der Waals surface area contributed by atoms with Crippen LogP contribution < -0.4 is 4.90 Å². The van der Waals surface area contributed by atoms with Crippen LogP contribution in [0.15, 0.2) is 30.9 Å². The summed E-state index contributed by atoms with van der Waals surface area (Å²) in [5, 5.41) is 9.76. The highest BCUT2D eigenvalue weighted by atomic mass is 16.6. The molecule has 3 heterocycles. The third-order valence-electron chi connectivity index (χ3n) is 7.63. The SMILES string of the molecule is C=CCN(C(=O)C1N(CCO)C(=O)[C@@H]2[C@@H](C(=O)OCC)[C@@]3(C)CCC12O3)c1cc(C)ccc1C. The molecule has 8 heteroatoms. The summed E-state index contributed by atoms with van der Waals surface area (Å²) >= 11 is 0. The number of aliphatic hydroxyl groups excluding tert-OH is 1. The highest BCUT2D eigenvalue weighted by Crippen LogP contribution is 2.63. The van der Waals surface area contributed by atoms with Crippen molar-refractivity contribution in [2.24, 2.45) is 11.8 Å². The molecule has 34 heavy (non-hydrogen) atoms. The second-order valence-electron chi connectivity index (χ2n) is 9.76. The number of hydrogen-bond donors (Lipinski definition) is 1. The molecule has 1 N–H and O–H groups in total. The minimum atomic E-state index is -1.15. The summed E-state index contributed by atoms with van der Waals surface area (Å²) < 4.78 is 11.9. The topological polar surface area (TPSA) is 96.4 Å². The van der Waals surface area contributed by atoms with Gasteiger partial charge in [-0.2, -0.15) is 0 Å². The molecule has 0 aliphatic carbocycles. The van der Waals surface area contributed by atoms with Crippen LogP contribution in [-0.4, -0.2) is 71.3 Å². The fourth-order valence-electron chi connectivity index (χ4n) is 6.24. The second kappa shape index (κ2) is 8.82. The zero-order chi connectivity index (χ0) is 24.8. The van der Waals surface area contributed by atoms with E-state index in [9.17, 15) is 19.5 Å². The van der Waals surface area contributed by atoms with E-state index in [0.717, 1.165) is 16.8 Å². The van der Waals surface area contributed by atoms with Crippen molar-refractivity contribution in [1.82, 2.24) is 4.90 Å². The number of rotatable bonds is 8. The first-order valence-corrected chi connectivity index (χ1v) is 11.9. The summed E-state index contributed by atoms with van der Waals surface area (Å²) in [7, 11) is 0. The van der Waals surface area contributed by atoms with Crippen molar-refractivity contribution in [2.45, 2.75) is 57.8 Å². The molecule has 4 rings (SSSR count). The van der Waals surface area contributed by atoms with Gasteiger partial charge in [-0.3, -0.25) is 14.4 Å². The Morgan fingerprint density at radius 3 is 2.74 bits per heavy atom. The van der Waals surface area contributed by atoms with E-state index >= 15 is 0 Å². The van der Waals surface area contributed by atoms with Gasteiger partial charge in [0, 0.05) is 18.8 Å². The first-order chi connectivity index (χ1) is 16.1. The summed E-state index contributed by atoms with van der Waals surface area (Å²) in [5.74, 6) is -2.73. The van der Waals surface area contributed by atoms with Crippen molar-refractivity contribution in [3.8, 4) is 0 Å². The number of likely N-dealkylation sites (tertiary alicyclic amines) is 1.